The first-order chi connectivity index (χ1) is 57.4. The van der Waals surface area contributed by atoms with Crippen LogP contribution in [0.4, 0.5) is 13.2 Å². The molecule has 6 aromatic rings. The fraction of sp³-hybridized carbons (Fsp3) is 0.691. The van der Waals surface area contributed by atoms with Crippen LogP contribution in [0.3, 0.4) is 0 Å². The summed E-state index contributed by atoms with van der Waals surface area (Å²) in [6.07, 6.45) is 17.7. The minimum Gasteiger partial charge on any atom is -0.481 e. The average Bonchev–Trinajstić information content (AvgIpc) is 0.808. The number of pyridine rings is 1. The third kappa shape index (κ3) is 35.9. The number of carbonyl (C=O) groups excluding carboxylic acids is 4. The van der Waals surface area contributed by atoms with Crippen molar-refractivity contribution in [2.24, 2.45) is 35.3 Å². The molecule has 5 saturated heterocycles. The molecule has 0 bridgehead atoms. The topological polar surface area (TPSA) is 295 Å². The van der Waals surface area contributed by atoms with Gasteiger partial charge in [0.15, 0.2) is 0 Å². The first-order valence-electron chi connectivity index (χ1n) is 44.1. The maximum atomic E-state index is 12.3. The van der Waals surface area contributed by atoms with Crippen LogP contribution in [-0.4, -0.2) is 253 Å². The molecule has 6 aromatic heterocycles. The van der Waals surface area contributed by atoms with Gasteiger partial charge in [0, 0.05) is 186 Å². The number of aromatic nitrogens is 11. The van der Waals surface area contributed by atoms with Crippen LogP contribution in [0.1, 0.15) is 245 Å². The van der Waals surface area contributed by atoms with E-state index in [-0.39, 0.29) is 62.2 Å². The number of ether oxygens (including phenoxy) is 3. The number of hydrogen-bond donors (Lipinski definition) is 2. The fourth-order valence-electron chi connectivity index (χ4n) is 15.4. The molecule has 1 saturated carbocycles. The molecule has 0 aromatic carbocycles. The summed E-state index contributed by atoms with van der Waals surface area (Å²) in [5.41, 5.74) is 17.7. The summed E-state index contributed by atoms with van der Waals surface area (Å²) in [6, 6.07) is 14.6. The van der Waals surface area contributed by atoms with Gasteiger partial charge < -0.3 is 35.1 Å². The van der Waals surface area contributed by atoms with Crippen molar-refractivity contribution in [1.82, 2.24) is 89.8 Å². The highest BCUT2D eigenvalue weighted by Gasteiger charge is 2.36. The molecule has 0 spiro atoms. The van der Waals surface area contributed by atoms with Crippen molar-refractivity contribution in [1.29, 1.82) is 0 Å². The van der Waals surface area contributed by atoms with Crippen LogP contribution in [0.5, 0.6) is 11.8 Å². The standard InChI is InChI=1S/C18H28N2O2.C16H26N4O.C16H26N2O.C15H22F3N3O.C15H24N4O.C14H22N4O/c1-13(21)20-8-6-14(7-9-20)10-16-11-15(18(2,3)4)12-17(19-16)22-5;1-16(2,3)14-7-13(17-11-18-14)6-12-8-20(9-12)10-15(21)19(4)5;1-16(2,3)15-10-13(17-11-18-15)9-12-5-7-14(19-4)8-6-12;1-14(2,3)11-8-13(20-19-9-11)22-12-4-6-21(7-5-12)10-15(16,17)18;1-15(2,3)13-6-12(17-10-18-13)5-11-7-19(8-11)9-14(20)16-4;1-14(2,3)12-5-11(16-9-17-12)4-10-6-18(7-10)8-13(15)19/h11-12,14H,6-10H2,1-5H3;7,11-12H,6,8-10H2,1-5H3;10-12,14H,5-9H2,1-4H3;8-9,12H,4-7,10H2,1-3H3;6,10-11H,5,7-9H2,1-4H3,(H,16,20);5,9-10H,4,6-8H2,1-3H3,(H2,15,19). The van der Waals surface area contributed by atoms with Gasteiger partial charge in [-0.25, -0.2) is 44.9 Å². The summed E-state index contributed by atoms with van der Waals surface area (Å²) in [6.45, 7) is 49.3. The number of methoxy groups -OCH3 is 2. The van der Waals surface area contributed by atoms with E-state index in [1.165, 1.54) is 41.8 Å². The highest BCUT2D eigenvalue weighted by atomic mass is 19.4. The van der Waals surface area contributed by atoms with Crippen LogP contribution in [0.25, 0.3) is 0 Å². The second-order valence-electron chi connectivity index (χ2n) is 40.9. The highest BCUT2D eigenvalue weighted by molar-refractivity contribution is 5.78. The van der Waals surface area contributed by atoms with E-state index < -0.39 is 12.7 Å². The molecule has 6 aliphatic rings. The lowest BCUT2D eigenvalue weighted by atomic mass is 9.84. The molecule has 26 nitrogen and oxygen atoms in total. The van der Waals surface area contributed by atoms with Crippen molar-refractivity contribution < 1.29 is 46.6 Å². The van der Waals surface area contributed by atoms with E-state index in [9.17, 15) is 32.3 Å². The Morgan fingerprint density at radius 2 is 0.846 bits per heavy atom. The summed E-state index contributed by atoms with van der Waals surface area (Å²) < 4.78 is 53.6. The minimum atomic E-state index is -4.14. The van der Waals surface area contributed by atoms with Crippen molar-refractivity contribution in [2.75, 3.05) is 127 Å². The second kappa shape index (κ2) is 45.7. The van der Waals surface area contributed by atoms with Gasteiger partial charge in [0.2, 0.25) is 35.4 Å². The lowest BCUT2D eigenvalue weighted by Gasteiger charge is -2.39. The fourth-order valence-corrected chi connectivity index (χ4v) is 15.4. The van der Waals surface area contributed by atoms with Crippen LogP contribution in [0.2, 0.25) is 0 Å². The van der Waals surface area contributed by atoms with E-state index in [1.807, 2.05) is 24.1 Å². The highest BCUT2D eigenvalue weighted by Crippen LogP contribution is 2.34. The molecule has 11 heterocycles. The summed E-state index contributed by atoms with van der Waals surface area (Å²) in [5.74, 6) is 4.46. The van der Waals surface area contributed by atoms with Gasteiger partial charge in [0.1, 0.15) is 31.4 Å². The molecule has 3 N–H and O–H groups in total. The number of likely N-dealkylation sites (tertiary alicyclic amines) is 5. The van der Waals surface area contributed by atoms with Crippen molar-refractivity contribution in [2.45, 2.75) is 266 Å². The van der Waals surface area contributed by atoms with E-state index in [0.29, 0.717) is 87.1 Å². The van der Waals surface area contributed by atoms with Crippen LogP contribution in [-0.2, 0) is 88.5 Å². The normalized spacial score (nSPS) is 18.3. The molecule has 0 radical (unpaired) electrons. The van der Waals surface area contributed by atoms with Crippen molar-refractivity contribution >= 4 is 23.6 Å². The van der Waals surface area contributed by atoms with Crippen LogP contribution in [0.15, 0.2) is 74.0 Å². The number of halogens is 3. The molecule has 12 rings (SSSR count). The van der Waals surface area contributed by atoms with Gasteiger partial charge in [-0.2, -0.15) is 18.3 Å². The molecule has 0 atom stereocenters. The first-order valence-corrected chi connectivity index (χ1v) is 44.1. The number of nitrogens with two attached hydrogens (primary N) is 1. The summed E-state index contributed by atoms with van der Waals surface area (Å²) in [7, 11) is 8.77. The van der Waals surface area contributed by atoms with Crippen molar-refractivity contribution in [3.63, 3.8) is 0 Å². The van der Waals surface area contributed by atoms with Gasteiger partial charge >= 0.3 is 6.18 Å². The van der Waals surface area contributed by atoms with Crippen molar-refractivity contribution in [3.05, 3.63) is 136 Å². The Kier molecular flexibility index (Phi) is 37.8. The lowest BCUT2D eigenvalue weighted by Crippen LogP contribution is -2.51. The molecule has 682 valence electrons. The van der Waals surface area contributed by atoms with E-state index in [1.54, 1.807) is 71.6 Å². The van der Waals surface area contributed by atoms with E-state index >= 15 is 0 Å². The van der Waals surface area contributed by atoms with Gasteiger partial charge in [-0.05, 0) is 165 Å². The van der Waals surface area contributed by atoms with E-state index in [0.717, 1.165) is 154 Å². The summed E-state index contributed by atoms with van der Waals surface area (Å²) >= 11 is 0. The number of primary amides is 1. The van der Waals surface area contributed by atoms with Crippen molar-refractivity contribution in [3.8, 4) is 11.8 Å². The number of rotatable bonds is 21. The molecule has 4 amide bonds. The third-order valence-electron chi connectivity index (χ3n) is 23.3. The molecule has 29 heteroatoms. The third-order valence-corrected chi connectivity index (χ3v) is 23.3. The van der Waals surface area contributed by atoms with Gasteiger partial charge in [-0.15, -0.1) is 5.10 Å². The molecule has 6 fully saturated rings. The van der Waals surface area contributed by atoms with Crippen LogP contribution < -0.4 is 20.5 Å². The predicted octanol–water partition coefficient (Wildman–Crippen LogP) is 13.0. The Balaban J connectivity index is 0.000000203. The van der Waals surface area contributed by atoms with Gasteiger partial charge in [-0.3, -0.25) is 38.8 Å². The average molecular weight is 1710 g/mol. The molecular weight excluding hydrogens is 1560 g/mol. The number of nitrogens with zero attached hydrogens (tertiary/aromatic N) is 17. The molecule has 1 aliphatic carbocycles. The molecule has 123 heavy (non-hydrogen) atoms. The van der Waals surface area contributed by atoms with Gasteiger partial charge in [0.25, 0.3) is 0 Å². The van der Waals surface area contributed by atoms with Gasteiger partial charge in [0.05, 0.1) is 45.6 Å². The maximum Gasteiger partial charge on any atom is 0.401 e. The summed E-state index contributed by atoms with van der Waals surface area (Å²) in [5, 5.41) is 10.6. The maximum absolute atomic E-state index is 12.3. The number of hydrogen-bond acceptors (Lipinski definition) is 22. The predicted molar refractivity (Wildman–Crippen MR) is 477 cm³/mol. The number of alkyl halides is 3. The van der Waals surface area contributed by atoms with E-state index in [4.69, 9.17) is 19.9 Å². The lowest BCUT2D eigenvalue weighted by molar-refractivity contribution is -0.149. The smallest absolute Gasteiger partial charge is 0.401 e. The SMILES string of the molecule is CC(C)(C)c1cc(CC2CN(CC(N)=O)C2)ncn1.CC(C)(C)c1cnnc(OC2CCN(CC(F)(F)F)CC2)c1.CN(C)C(=O)CN1CC(Cc2cc(C(C)(C)C)ncn2)C1.CNC(=O)CN1CC(Cc2cc(C(C)(C)C)ncn2)C1.COC1CCC(Cc2cc(C(C)(C)C)ncn2)CC1.COc1cc(C(C)(C)C)cc(CC2CCN(C(C)=O)CC2)n1. The molecular formula is C94H148F3N19O7. The Morgan fingerprint density at radius 3 is 1.21 bits per heavy atom. The first kappa shape index (κ1) is 102. The number of amides is 4. The molecule has 0 unspecified atom stereocenters. The van der Waals surface area contributed by atoms with Crippen LogP contribution >= 0.6 is 0 Å². The zero-order valence-electron chi connectivity index (χ0n) is 78.7. The minimum absolute atomic E-state index is 0.0509. The second-order valence-corrected chi connectivity index (χ2v) is 40.9. The number of carbonyl (C=O) groups is 4. The Hall–Kier alpha value is -8.38. The van der Waals surface area contributed by atoms with Crippen LogP contribution in [0, 0.1) is 29.6 Å². The van der Waals surface area contributed by atoms with E-state index in [2.05, 4.69) is 230 Å². The molecule has 5 aliphatic heterocycles. The van der Waals surface area contributed by atoms with Gasteiger partial charge in [-0.1, -0.05) is 125 Å². The summed E-state index contributed by atoms with van der Waals surface area (Å²) in [4.78, 5) is 96.1. The Morgan fingerprint density at radius 1 is 0.455 bits per heavy atom. The monoisotopic (exact) mass is 1710 g/mol. The zero-order valence-corrected chi connectivity index (χ0v) is 78.7. The quantitative estimate of drug-likeness (QED) is 0.0676. The zero-order chi connectivity index (χ0) is 91.0. The number of likely N-dealkylation sites (N-methyl/N-ethyl adjacent to an activating group) is 2. The number of nitrogens with one attached hydrogen (secondary N) is 1. The number of piperidine rings is 2. The Labute approximate surface area is 732 Å². The largest absolute Gasteiger partial charge is 0.481 e. The Bertz CT molecular complexity index is 4260.